The number of benzene rings is 2. The molecule has 1 aliphatic rings. The lowest BCUT2D eigenvalue weighted by Crippen LogP contribution is -2.13. The van der Waals surface area contributed by atoms with E-state index in [9.17, 15) is 0 Å². The van der Waals surface area contributed by atoms with Crippen LogP contribution in [0.5, 0.6) is 5.75 Å². The number of pyridine rings is 1. The van der Waals surface area contributed by atoms with Crippen LogP contribution in [0.3, 0.4) is 0 Å². The van der Waals surface area contributed by atoms with E-state index in [4.69, 9.17) is 4.74 Å². The third-order valence-electron chi connectivity index (χ3n) is 3.79. The number of ether oxygens (including phenoxy) is 1. The second kappa shape index (κ2) is 4.63. The maximum atomic E-state index is 5.95. The number of nitrogens with zero attached hydrogens (tertiary/aromatic N) is 1. The molecule has 0 aliphatic carbocycles. The molecular formula is C18H15N2O+. The van der Waals surface area contributed by atoms with Gasteiger partial charge in [0.05, 0.1) is 11.1 Å². The van der Waals surface area contributed by atoms with Crippen LogP contribution in [0.25, 0.3) is 17.0 Å². The molecule has 3 heteroatoms. The molecule has 3 nitrogen and oxygen atoms in total. The molecule has 0 saturated carbocycles. The minimum Gasteiger partial charge on any atom is -0.439 e. The highest BCUT2D eigenvalue weighted by Gasteiger charge is 2.22. The van der Waals surface area contributed by atoms with E-state index in [-0.39, 0.29) is 0 Å². The molecule has 102 valence electrons. The molecule has 0 spiro atoms. The maximum Gasteiger partial charge on any atom is 0.211 e. The van der Waals surface area contributed by atoms with Crippen LogP contribution in [-0.4, -0.2) is 7.05 Å². The number of nitrogens with one attached hydrogen (secondary N) is 1. The Balaban J connectivity index is 1.82. The van der Waals surface area contributed by atoms with Gasteiger partial charge in [-0.25, -0.2) is 4.98 Å². The number of anilines is 1. The fraction of sp³-hybridized carbons (Fsp3) is 0.0556. The van der Waals surface area contributed by atoms with Crippen molar-refractivity contribution in [2.45, 2.75) is 0 Å². The molecule has 2 aromatic carbocycles. The number of aromatic nitrogens is 1. The summed E-state index contributed by atoms with van der Waals surface area (Å²) in [5.41, 5.74) is 3.35. The van der Waals surface area contributed by atoms with Gasteiger partial charge in [-0.3, -0.25) is 0 Å². The largest absolute Gasteiger partial charge is 0.439 e. The molecule has 0 saturated heterocycles. The second-order valence-electron chi connectivity index (χ2n) is 5.09. The van der Waals surface area contributed by atoms with E-state index < -0.39 is 0 Å². The van der Waals surface area contributed by atoms with E-state index in [1.165, 1.54) is 5.39 Å². The molecule has 0 radical (unpaired) electrons. The van der Waals surface area contributed by atoms with Gasteiger partial charge in [0.2, 0.25) is 11.4 Å². The highest BCUT2D eigenvalue weighted by atomic mass is 16.5. The van der Waals surface area contributed by atoms with Gasteiger partial charge in [-0.15, -0.1) is 0 Å². The Morgan fingerprint density at radius 3 is 2.71 bits per heavy atom. The molecule has 0 amide bonds. The van der Waals surface area contributed by atoms with Gasteiger partial charge in [0.1, 0.15) is 0 Å². The van der Waals surface area contributed by atoms with E-state index >= 15 is 0 Å². The van der Waals surface area contributed by atoms with Crippen LogP contribution in [-0.2, 0) is 0 Å². The van der Waals surface area contributed by atoms with Gasteiger partial charge >= 0.3 is 0 Å². The molecule has 0 unspecified atom stereocenters. The minimum atomic E-state index is 0.840. The van der Waals surface area contributed by atoms with Gasteiger partial charge in [0.15, 0.2) is 11.9 Å². The minimum absolute atomic E-state index is 0.840. The third kappa shape index (κ3) is 1.94. The van der Waals surface area contributed by atoms with E-state index in [1.807, 2.05) is 43.6 Å². The molecule has 4 rings (SSSR count). The first kappa shape index (κ1) is 12.0. The summed E-state index contributed by atoms with van der Waals surface area (Å²) in [5, 5.41) is 1.18. The second-order valence-corrected chi connectivity index (χ2v) is 5.09. The molecule has 1 aromatic heterocycles. The van der Waals surface area contributed by atoms with Gasteiger partial charge in [0.25, 0.3) is 0 Å². The lowest BCUT2D eigenvalue weighted by atomic mass is 10.1. The van der Waals surface area contributed by atoms with E-state index in [1.54, 1.807) is 0 Å². The number of hydrogen-bond acceptors (Lipinski definition) is 2. The van der Waals surface area contributed by atoms with E-state index in [0.29, 0.717) is 0 Å². The Bertz CT molecular complexity index is 849. The normalized spacial score (nSPS) is 15.3. The predicted molar refractivity (Wildman–Crippen MR) is 84.0 cm³/mol. The van der Waals surface area contributed by atoms with Crippen LogP contribution in [0, 0.1) is 0 Å². The molecule has 1 N–H and O–H groups in total. The topological polar surface area (TPSA) is 26.6 Å². The molecule has 0 fully saturated rings. The molecule has 0 atom stereocenters. The summed E-state index contributed by atoms with van der Waals surface area (Å²) in [6.07, 6.45) is 4.03. The summed E-state index contributed by atoms with van der Waals surface area (Å²) in [7, 11) is 2.02. The van der Waals surface area contributed by atoms with Gasteiger partial charge in [-0.1, -0.05) is 24.3 Å². The van der Waals surface area contributed by atoms with Gasteiger partial charge in [-0.2, -0.15) is 0 Å². The number of para-hydroxylation sites is 3. The van der Waals surface area contributed by atoms with Gasteiger partial charge < -0.3 is 9.64 Å². The Labute approximate surface area is 123 Å². The van der Waals surface area contributed by atoms with Crippen molar-refractivity contribution < 1.29 is 9.72 Å². The van der Waals surface area contributed by atoms with E-state index in [0.717, 1.165) is 28.4 Å². The number of H-pyrrole nitrogens is 1. The molecule has 1 aliphatic heterocycles. The van der Waals surface area contributed by atoms with Crippen molar-refractivity contribution in [3.63, 3.8) is 0 Å². The fourth-order valence-corrected chi connectivity index (χ4v) is 2.68. The Morgan fingerprint density at radius 1 is 1.00 bits per heavy atom. The molecule has 3 aromatic rings. The zero-order chi connectivity index (χ0) is 14.2. The van der Waals surface area contributed by atoms with Crippen molar-refractivity contribution in [3.8, 4) is 5.75 Å². The number of rotatable bonds is 1. The van der Waals surface area contributed by atoms with Crippen LogP contribution < -0.4 is 14.6 Å². The van der Waals surface area contributed by atoms with Crippen LogP contribution in [0.2, 0.25) is 0 Å². The molecule has 2 heterocycles. The Hall–Kier alpha value is -2.81. The monoisotopic (exact) mass is 275 g/mol. The summed E-state index contributed by atoms with van der Waals surface area (Å²) in [6, 6.07) is 18.4. The lowest BCUT2D eigenvalue weighted by molar-refractivity contribution is -0.344. The third-order valence-corrected chi connectivity index (χ3v) is 3.79. The van der Waals surface area contributed by atoms with Crippen LogP contribution >= 0.6 is 0 Å². The summed E-state index contributed by atoms with van der Waals surface area (Å²) in [4.78, 5) is 5.33. The smallest absolute Gasteiger partial charge is 0.211 e. The predicted octanol–water partition coefficient (Wildman–Crippen LogP) is 3.48. The number of fused-ring (bicyclic) bond motifs is 2. The lowest BCUT2D eigenvalue weighted by Gasteiger charge is -2.11. The summed E-state index contributed by atoms with van der Waals surface area (Å²) in [6.45, 7) is 0. The van der Waals surface area contributed by atoms with Crippen LogP contribution in [0.4, 0.5) is 5.69 Å². The van der Waals surface area contributed by atoms with Crippen molar-refractivity contribution in [1.82, 2.24) is 0 Å². The maximum absolute atomic E-state index is 5.95. The van der Waals surface area contributed by atoms with Crippen molar-refractivity contribution in [2.24, 2.45) is 0 Å². The molecule has 0 bridgehead atoms. The first-order valence-corrected chi connectivity index (χ1v) is 6.95. The quantitative estimate of drug-likeness (QED) is 0.679. The van der Waals surface area contributed by atoms with Crippen molar-refractivity contribution in [2.75, 3.05) is 11.9 Å². The highest BCUT2D eigenvalue weighted by Crippen LogP contribution is 2.38. The van der Waals surface area contributed by atoms with Crippen molar-refractivity contribution in [1.29, 1.82) is 0 Å². The Morgan fingerprint density at radius 2 is 1.81 bits per heavy atom. The van der Waals surface area contributed by atoms with Crippen LogP contribution in [0.1, 0.15) is 5.56 Å². The summed E-state index contributed by atoms with van der Waals surface area (Å²) < 4.78 is 5.95. The van der Waals surface area contributed by atoms with Crippen LogP contribution in [0.15, 0.2) is 66.7 Å². The number of hydrogen-bond donors (Lipinski definition) is 0. The zero-order valence-corrected chi connectivity index (χ0v) is 11.7. The first-order valence-electron chi connectivity index (χ1n) is 6.95. The average molecular weight is 275 g/mol. The molecular weight excluding hydrogens is 260 g/mol. The summed E-state index contributed by atoms with van der Waals surface area (Å²) in [5.74, 6) is 1.74. The molecule has 21 heavy (non-hydrogen) atoms. The van der Waals surface area contributed by atoms with Crippen molar-refractivity contribution in [3.05, 3.63) is 72.2 Å². The van der Waals surface area contributed by atoms with Gasteiger partial charge in [0, 0.05) is 25.3 Å². The SMILES string of the molecule is CN1/C(=C/c2cc[nH+]c3ccccc23)Oc2ccccc21. The van der Waals surface area contributed by atoms with Crippen molar-refractivity contribution >= 4 is 22.7 Å². The zero-order valence-electron chi connectivity index (χ0n) is 11.7. The average Bonchev–Trinajstić information content (AvgIpc) is 2.85. The van der Waals surface area contributed by atoms with E-state index in [2.05, 4.69) is 40.2 Å². The first-order chi connectivity index (χ1) is 10.3. The van der Waals surface area contributed by atoms with Gasteiger partial charge in [-0.05, 0) is 23.8 Å². The fourth-order valence-electron chi connectivity index (χ4n) is 2.68. The highest BCUT2D eigenvalue weighted by molar-refractivity contribution is 5.86. The number of aromatic amines is 1. The standard InChI is InChI=1S/C18H14N2O/c1-20-16-8-4-5-9-17(16)21-18(20)12-13-10-11-19-15-7-3-2-6-14(13)15/h2-12H,1H3/p+1/b18-12-. The summed E-state index contributed by atoms with van der Waals surface area (Å²) >= 11 is 0. The Kier molecular flexibility index (Phi) is 2.64.